The number of methoxy groups -OCH3 is 1. The minimum absolute atomic E-state index is 0.301. The van der Waals surface area contributed by atoms with Crippen molar-refractivity contribution in [1.82, 2.24) is 9.97 Å². The molecule has 0 bridgehead atoms. The lowest BCUT2D eigenvalue weighted by molar-refractivity contribution is 0.205. The first-order valence-corrected chi connectivity index (χ1v) is 6.07. The van der Waals surface area contributed by atoms with Crippen LogP contribution in [-0.2, 0) is 11.2 Å². The lowest BCUT2D eigenvalue weighted by Gasteiger charge is -2.23. The fourth-order valence-electron chi connectivity index (χ4n) is 1.49. The summed E-state index contributed by atoms with van der Waals surface area (Å²) in [4.78, 5) is 9.66. The Morgan fingerprint density at radius 2 is 2.18 bits per heavy atom. The van der Waals surface area contributed by atoms with Gasteiger partial charge in [0, 0.05) is 26.1 Å². The number of halogens is 2. The van der Waals surface area contributed by atoms with E-state index < -0.39 is 0 Å². The molecule has 1 aromatic rings. The average molecular weight is 262 g/mol. The Kier molecular flexibility index (Phi) is 6.15. The molecule has 4 nitrogen and oxygen atoms in total. The highest BCUT2D eigenvalue weighted by Gasteiger charge is 2.15. The summed E-state index contributed by atoms with van der Waals surface area (Å²) in [5, 5.41) is 0. The quantitative estimate of drug-likeness (QED) is 0.703. The van der Waals surface area contributed by atoms with E-state index in [1.807, 2.05) is 6.92 Å². The van der Waals surface area contributed by atoms with Gasteiger partial charge in [0.2, 0.25) is 0 Å². The Hall–Kier alpha value is -0.940. The van der Waals surface area contributed by atoms with E-state index in [-0.39, 0.29) is 5.82 Å². The third-order valence-electron chi connectivity index (χ3n) is 2.40. The standard InChI is InChI=1S/C11H17ClFN3O/c1-3-9-10(13)11(15-8-14-9)16(5-4-12)6-7-17-2/h8H,3-7H2,1-2H3. The molecule has 0 fully saturated rings. The van der Waals surface area contributed by atoms with E-state index in [0.29, 0.717) is 43.5 Å². The van der Waals surface area contributed by atoms with E-state index in [1.165, 1.54) is 6.33 Å². The SMILES string of the molecule is CCc1ncnc(N(CCCl)CCOC)c1F. The highest BCUT2D eigenvalue weighted by atomic mass is 35.5. The molecule has 0 aliphatic carbocycles. The maximum absolute atomic E-state index is 14.0. The Morgan fingerprint density at radius 1 is 1.41 bits per heavy atom. The maximum atomic E-state index is 14.0. The number of alkyl halides is 1. The summed E-state index contributed by atoms with van der Waals surface area (Å²) in [6.07, 6.45) is 1.92. The van der Waals surface area contributed by atoms with Crippen molar-refractivity contribution in [3.8, 4) is 0 Å². The van der Waals surface area contributed by atoms with E-state index in [9.17, 15) is 4.39 Å². The summed E-state index contributed by atoms with van der Waals surface area (Å²) in [7, 11) is 1.60. The van der Waals surface area contributed by atoms with Gasteiger partial charge >= 0.3 is 0 Å². The van der Waals surface area contributed by atoms with Gasteiger partial charge in [0.05, 0.1) is 12.3 Å². The molecule has 1 aromatic heterocycles. The van der Waals surface area contributed by atoms with Crippen molar-refractivity contribution in [3.05, 3.63) is 17.8 Å². The summed E-state index contributed by atoms with van der Waals surface area (Å²) in [6, 6.07) is 0. The molecule has 96 valence electrons. The van der Waals surface area contributed by atoms with Crippen LogP contribution in [0.15, 0.2) is 6.33 Å². The van der Waals surface area contributed by atoms with Crippen LogP contribution in [0.2, 0.25) is 0 Å². The highest BCUT2D eigenvalue weighted by Crippen LogP contribution is 2.18. The van der Waals surface area contributed by atoms with Crippen LogP contribution in [0.5, 0.6) is 0 Å². The molecule has 0 aliphatic rings. The minimum atomic E-state index is -0.365. The number of aryl methyl sites for hydroxylation is 1. The van der Waals surface area contributed by atoms with Crippen LogP contribution in [-0.4, -0.2) is 42.7 Å². The van der Waals surface area contributed by atoms with Crippen LogP contribution >= 0.6 is 11.6 Å². The Balaban J connectivity index is 2.92. The van der Waals surface area contributed by atoms with Crippen LogP contribution in [0.1, 0.15) is 12.6 Å². The normalized spacial score (nSPS) is 10.6. The predicted molar refractivity (Wildman–Crippen MR) is 66.2 cm³/mol. The number of hydrogen-bond acceptors (Lipinski definition) is 4. The molecule has 0 saturated carbocycles. The summed E-state index contributed by atoms with van der Waals surface area (Å²) >= 11 is 5.70. The number of ether oxygens (including phenoxy) is 1. The topological polar surface area (TPSA) is 38.2 Å². The Labute approximate surface area is 106 Å². The van der Waals surface area contributed by atoms with E-state index in [2.05, 4.69) is 9.97 Å². The zero-order valence-corrected chi connectivity index (χ0v) is 10.9. The van der Waals surface area contributed by atoms with Gasteiger partial charge in [-0.3, -0.25) is 0 Å². The van der Waals surface area contributed by atoms with Gasteiger partial charge in [0.25, 0.3) is 0 Å². The van der Waals surface area contributed by atoms with Crippen molar-refractivity contribution >= 4 is 17.4 Å². The molecule has 0 aliphatic heterocycles. The van der Waals surface area contributed by atoms with Gasteiger partial charge in [-0.2, -0.15) is 0 Å². The second-order valence-corrected chi connectivity index (χ2v) is 3.86. The summed E-state index contributed by atoms with van der Waals surface area (Å²) in [5.41, 5.74) is 0.423. The zero-order valence-electron chi connectivity index (χ0n) is 10.1. The lowest BCUT2D eigenvalue weighted by Crippen LogP contribution is -2.31. The van der Waals surface area contributed by atoms with Gasteiger partial charge in [-0.15, -0.1) is 11.6 Å². The molecule has 0 aromatic carbocycles. The number of nitrogens with zero attached hydrogens (tertiary/aromatic N) is 3. The summed E-state index contributed by atoms with van der Waals surface area (Å²) in [6.45, 7) is 3.44. The summed E-state index contributed by atoms with van der Waals surface area (Å²) in [5.74, 6) is 0.347. The van der Waals surface area contributed by atoms with Crippen molar-refractivity contribution in [2.45, 2.75) is 13.3 Å². The fourth-order valence-corrected chi connectivity index (χ4v) is 1.69. The molecule has 0 radical (unpaired) electrons. The van der Waals surface area contributed by atoms with Crippen molar-refractivity contribution in [3.63, 3.8) is 0 Å². The molecule has 0 amide bonds. The van der Waals surface area contributed by atoms with Crippen molar-refractivity contribution in [2.24, 2.45) is 0 Å². The van der Waals surface area contributed by atoms with E-state index >= 15 is 0 Å². The Bertz CT molecular complexity index is 351. The second kappa shape index (κ2) is 7.40. The first-order valence-electron chi connectivity index (χ1n) is 5.53. The largest absolute Gasteiger partial charge is 0.383 e. The third kappa shape index (κ3) is 3.78. The first-order chi connectivity index (χ1) is 8.24. The molecule has 0 saturated heterocycles. The van der Waals surface area contributed by atoms with E-state index in [4.69, 9.17) is 16.3 Å². The van der Waals surface area contributed by atoms with Crippen LogP contribution in [0.3, 0.4) is 0 Å². The van der Waals surface area contributed by atoms with Crippen LogP contribution in [0.25, 0.3) is 0 Å². The lowest BCUT2D eigenvalue weighted by atomic mass is 10.3. The number of aromatic nitrogens is 2. The second-order valence-electron chi connectivity index (χ2n) is 3.48. The molecule has 17 heavy (non-hydrogen) atoms. The number of hydrogen-bond donors (Lipinski definition) is 0. The molecular formula is C11H17ClFN3O. The molecular weight excluding hydrogens is 245 g/mol. The molecule has 0 spiro atoms. The van der Waals surface area contributed by atoms with Crippen molar-refractivity contribution in [1.29, 1.82) is 0 Å². The van der Waals surface area contributed by atoms with Gasteiger partial charge in [0.15, 0.2) is 11.6 Å². The summed E-state index contributed by atoms with van der Waals surface area (Å²) < 4.78 is 19.0. The van der Waals surface area contributed by atoms with Crippen molar-refractivity contribution in [2.75, 3.05) is 37.6 Å². The Morgan fingerprint density at radius 3 is 2.76 bits per heavy atom. The van der Waals surface area contributed by atoms with Gasteiger partial charge in [0.1, 0.15) is 6.33 Å². The molecule has 1 heterocycles. The van der Waals surface area contributed by atoms with Gasteiger partial charge in [-0.05, 0) is 6.42 Å². The van der Waals surface area contributed by atoms with E-state index in [1.54, 1.807) is 12.0 Å². The smallest absolute Gasteiger partial charge is 0.187 e. The van der Waals surface area contributed by atoms with Gasteiger partial charge in [-0.25, -0.2) is 14.4 Å². The first kappa shape index (κ1) is 14.1. The molecule has 6 heteroatoms. The number of anilines is 1. The number of rotatable bonds is 7. The van der Waals surface area contributed by atoms with Crippen LogP contribution in [0.4, 0.5) is 10.2 Å². The molecule has 0 N–H and O–H groups in total. The highest BCUT2D eigenvalue weighted by molar-refractivity contribution is 6.18. The minimum Gasteiger partial charge on any atom is -0.383 e. The fraction of sp³-hybridized carbons (Fsp3) is 0.636. The molecule has 0 atom stereocenters. The monoisotopic (exact) mass is 261 g/mol. The van der Waals surface area contributed by atoms with Crippen molar-refractivity contribution < 1.29 is 9.13 Å². The molecule has 1 rings (SSSR count). The molecule has 0 unspecified atom stereocenters. The predicted octanol–water partition coefficient (Wildman–Crippen LogP) is 1.87. The third-order valence-corrected chi connectivity index (χ3v) is 2.57. The van der Waals surface area contributed by atoms with Crippen LogP contribution < -0.4 is 4.90 Å². The zero-order chi connectivity index (χ0) is 12.7. The maximum Gasteiger partial charge on any atom is 0.187 e. The van der Waals surface area contributed by atoms with Gasteiger partial charge in [-0.1, -0.05) is 6.92 Å². The van der Waals surface area contributed by atoms with Crippen LogP contribution in [0, 0.1) is 5.82 Å². The van der Waals surface area contributed by atoms with Gasteiger partial charge < -0.3 is 9.64 Å². The van der Waals surface area contributed by atoms with E-state index in [0.717, 1.165) is 0 Å². The average Bonchev–Trinajstić information content (AvgIpc) is 2.35.